The summed E-state index contributed by atoms with van der Waals surface area (Å²) >= 11 is 0. The fourth-order valence-corrected chi connectivity index (χ4v) is 3.54. The lowest BCUT2D eigenvalue weighted by molar-refractivity contribution is -0.00836. The van der Waals surface area contributed by atoms with E-state index < -0.39 is 17.5 Å². The van der Waals surface area contributed by atoms with E-state index >= 15 is 0 Å². The Balaban J connectivity index is 1.90. The zero-order valence-electron chi connectivity index (χ0n) is 15.2. The van der Waals surface area contributed by atoms with Crippen LogP contribution in [-0.4, -0.2) is 21.1 Å². The first-order valence-corrected chi connectivity index (χ1v) is 9.01. The van der Waals surface area contributed by atoms with E-state index in [1.165, 1.54) is 10.9 Å². The zero-order chi connectivity index (χ0) is 18.6. The van der Waals surface area contributed by atoms with Crippen molar-refractivity contribution < 1.29 is 13.9 Å². The second-order valence-electron chi connectivity index (χ2n) is 6.70. The molecule has 4 nitrogen and oxygen atoms in total. The molecule has 0 radical (unpaired) electrons. The van der Waals surface area contributed by atoms with Crippen LogP contribution in [0.5, 0.6) is 0 Å². The van der Waals surface area contributed by atoms with Gasteiger partial charge < -0.3 is 9.30 Å². The van der Waals surface area contributed by atoms with E-state index in [9.17, 15) is 9.18 Å². The topological polar surface area (TPSA) is 44.1 Å². The Hall–Kier alpha value is -2.61. The predicted molar refractivity (Wildman–Crippen MR) is 97.1 cm³/mol. The highest BCUT2D eigenvalue weighted by molar-refractivity contribution is 5.88. The van der Waals surface area contributed by atoms with Crippen molar-refractivity contribution in [2.45, 2.75) is 57.6 Å². The van der Waals surface area contributed by atoms with E-state index in [4.69, 9.17) is 4.74 Å². The number of nitrogens with zero attached hydrogens (tertiary/aromatic N) is 2. The van der Waals surface area contributed by atoms with Crippen LogP contribution in [-0.2, 0) is 4.74 Å². The molecule has 26 heavy (non-hydrogen) atoms. The molecule has 136 valence electrons. The van der Waals surface area contributed by atoms with E-state index in [1.807, 2.05) is 37.3 Å². The zero-order valence-corrected chi connectivity index (χ0v) is 15.2. The minimum absolute atomic E-state index is 0.149. The summed E-state index contributed by atoms with van der Waals surface area (Å²) in [5.74, 6) is 4.40. The maximum Gasteiger partial charge on any atom is 0.361 e. The number of carbonyl (C=O) groups is 1. The molecule has 5 heteroatoms. The van der Waals surface area contributed by atoms with Crippen LogP contribution in [0, 0.1) is 17.8 Å². The minimum atomic E-state index is -0.818. The smallest absolute Gasteiger partial charge is 0.361 e. The van der Waals surface area contributed by atoms with Crippen molar-refractivity contribution in [2.24, 2.45) is 0 Å². The Bertz CT molecular complexity index is 827. The number of ether oxygens (including phenoxy) is 1. The number of carbonyl (C=O) groups excluding carboxylic acids is 1. The Labute approximate surface area is 153 Å². The molecule has 0 aliphatic heterocycles. The number of benzene rings is 1. The number of aromatic nitrogens is 2. The van der Waals surface area contributed by atoms with Crippen molar-refractivity contribution in [2.75, 3.05) is 0 Å². The molecule has 1 saturated carbocycles. The van der Waals surface area contributed by atoms with Gasteiger partial charge in [0.05, 0.1) is 12.4 Å². The van der Waals surface area contributed by atoms with Gasteiger partial charge in [-0.2, -0.15) is 4.39 Å². The van der Waals surface area contributed by atoms with Crippen LogP contribution in [0.25, 0.3) is 0 Å². The summed E-state index contributed by atoms with van der Waals surface area (Å²) in [6.45, 7) is 3.63. The monoisotopic (exact) mass is 354 g/mol. The third kappa shape index (κ3) is 3.65. The standard InChI is InChI=1S/C21H23FN2O2/c1-3-12-21(13-8-5-9-14-21)26-20(25)18-19(22)23-15-24(18)16(2)17-10-6-4-7-11-17/h4,6-7,10-11,15-16H,5,8-9,13-14H2,1-2H3/t16-/m1/s1. The summed E-state index contributed by atoms with van der Waals surface area (Å²) in [7, 11) is 0. The predicted octanol–water partition coefficient (Wildman–Crippen LogP) is 4.51. The van der Waals surface area contributed by atoms with Crippen LogP contribution in [0.1, 0.15) is 68.0 Å². The highest BCUT2D eigenvalue weighted by Crippen LogP contribution is 2.33. The molecule has 0 saturated heterocycles. The summed E-state index contributed by atoms with van der Waals surface area (Å²) in [6, 6.07) is 9.35. The average molecular weight is 354 g/mol. The van der Waals surface area contributed by atoms with Crippen LogP contribution >= 0.6 is 0 Å². The summed E-state index contributed by atoms with van der Waals surface area (Å²) in [5, 5.41) is 0. The second-order valence-corrected chi connectivity index (χ2v) is 6.70. The molecule has 0 unspecified atom stereocenters. The van der Waals surface area contributed by atoms with Crippen molar-refractivity contribution in [3.63, 3.8) is 0 Å². The molecule has 0 bridgehead atoms. The van der Waals surface area contributed by atoms with E-state index in [0.29, 0.717) is 12.8 Å². The average Bonchev–Trinajstić information content (AvgIpc) is 3.04. The number of halogens is 1. The molecule has 1 aliphatic rings. The van der Waals surface area contributed by atoms with E-state index in [2.05, 4.69) is 16.8 Å². The van der Waals surface area contributed by atoms with Gasteiger partial charge in [-0.3, -0.25) is 0 Å². The number of rotatable bonds is 4. The van der Waals surface area contributed by atoms with Crippen LogP contribution in [0.2, 0.25) is 0 Å². The lowest BCUT2D eigenvalue weighted by Crippen LogP contribution is -2.36. The van der Waals surface area contributed by atoms with Gasteiger partial charge in [0.2, 0.25) is 5.95 Å². The van der Waals surface area contributed by atoms with Crippen molar-refractivity contribution >= 4 is 5.97 Å². The number of imidazole rings is 1. The molecule has 0 amide bonds. The number of hydrogen-bond donors (Lipinski definition) is 0. The molecule has 0 N–H and O–H groups in total. The first-order valence-electron chi connectivity index (χ1n) is 9.01. The van der Waals surface area contributed by atoms with Gasteiger partial charge >= 0.3 is 5.97 Å². The largest absolute Gasteiger partial charge is 0.441 e. The summed E-state index contributed by atoms with van der Waals surface area (Å²) in [6.07, 6.45) is 5.71. The van der Waals surface area contributed by atoms with Crippen molar-refractivity contribution in [1.29, 1.82) is 0 Å². The molecule has 0 spiro atoms. The lowest BCUT2D eigenvalue weighted by atomic mass is 9.85. The fourth-order valence-electron chi connectivity index (χ4n) is 3.54. The van der Waals surface area contributed by atoms with E-state index in [0.717, 1.165) is 24.8 Å². The minimum Gasteiger partial charge on any atom is -0.441 e. The highest BCUT2D eigenvalue weighted by Gasteiger charge is 2.36. The molecule has 1 aromatic heterocycles. The SMILES string of the molecule is CC#CC1(OC(=O)c2c(F)ncn2[C@H](C)c2ccccc2)CCCCC1. The van der Waals surface area contributed by atoms with Gasteiger partial charge in [-0.1, -0.05) is 42.7 Å². The molecule has 2 aromatic rings. The molecular formula is C21H23FN2O2. The van der Waals surface area contributed by atoms with Crippen LogP contribution in [0.3, 0.4) is 0 Å². The van der Waals surface area contributed by atoms with E-state index in [-0.39, 0.29) is 11.7 Å². The summed E-state index contributed by atoms with van der Waals surface area (Å²) in [5.41, 5.74) is -0.00870. The Morgan fingerprint density at radius 1 is 1.27 bits per heavy atom. The van der Waals surface area contributed by atoms with Gasteiger partial charge in [0.15, 0.2) is 11.3 Å². The highest BCUT2D eigenvalue weighted by atomic mass is 19.1. The van der Waals surface area contributed by atoms with Crippen LogP contribution in [0.4, 0.5) is 4.39 Å². The van der Waals surface area contributed by atoms with E-state index in [1.54, 1.807) is 6.92 Å². The molecule has 1 fully saturated rings. The molecule has 3 rings (SSSR count). The molecule has 1 heterocycles. The quantitative estimate of drug-likeness (QED) is 0.599. The normalized spacial score (nSPS) is 17.0. The second kappa shape index (κ2) is 7.74. The Morgan fingerprint density at radius 2 is 1.96 bits per heavy atom. The third-order valence-corrected chi connectivity index (χ3v) is 4.94. The van der Waals surface area contributed by atoms with Gasteiger partial charge in [-0.15, -0.1) is 5.92 Å². The molecule has 1 aromatic carbocycles. The molecule has 1 aliphatic carbocycles. The fraction of sp³-hybridized carbons (Fsp3) is 0.429. The van der Waals surface area contributed by atoms with Crippen molar-refractivity contribution in [3.8, 4) is 11.8 Å². The van der Waals surface area contributed by atoms with Crippen molar-refractivity contribution in [1.82, 2.24) is 9.55 Å². The van der Waals surface area contributed by atoms with Gasteiger partial charge in [-0.05, 0) is 45.1 Å². The van der Waals surface area contributed by atoms with Gasteiger partial charge in [0.25, 0.3) is 0 Å². The first-order chi connectivity index (χ1) is 12.6. The third-order valence-electron chi connectivity index (χ3n) is 4.94. The maximum absolute atomic E-state index is 14.3. The maximum atomic E-state index is 14.3. The first kappa shape index (κ1) is 18.2. The Kier molecular flexibility index (Phi) is 5.41. The lowest BCUT2D eigenvalue weighted by Gasteiger charge is -2.32. The van der Waals surface area contributed by atoms with Gasteiger partial charge in [0, 0.05) is 0 Å². The van der Waals surface area contributed by atoms with Crippen molar-refractivity contribution in [3.05, 3.63) is 53.9 Å². The molecule has 1 atom stereocenters. The number of hydrogen-bond acceptors (Lipinski definition) is 3. The van der Waals surface area contributed by atoms with Gasteiger partial charge in [-0.25, -0.2) is 9.78 Å². The van der Waals surface area contributed by atoms with Crippen LogP contribution < -0.4 is 0 Å². The molecular weight excluding hydrogens is 331 g/mol. The van der Waals surface area contributed by atoms with Gasteiger partial charge in [0.1, 0.15) is 0 Å². The summed E-state index contributed by atoms with van der Waals surface area (Å²) in [4.78, 5) is 16.5. The Morgan fingerprint density at radius 3 is 2.62 bits per heavy atom. The van der Waals surface area contributed by atoms with Crippen LogP contribution in [0.15, 0.2) is 36.7 Å². The number of esters is 1. The summed E-state index contributed by atoms with van der Waals surface area (Å²) < 4.78 is 21.6.